The van der Waals surface area contributed by atoms with E-state index in [1.807, 2.05) is 30.3 Å². The van der Waals surface area contributed by atoms with Crippen LogP contribution in [0.5, 0.6) is 11.5 Å². The van der Waals surface area contributed by atoms with Crippen LogP contribution < -0.4 is 14.8 Å². The standard InChI is InChI=1S/C22H23N3O3S/c26-21(23-15-8-9-18-19(13-15)28-12-11-27-18)14-25-10-4-3-6-17(25)22-24-16-5-1-2-7-20(16)29-22/h1-2,5,7-9,13,17H,3-4,6,10-12,14H2,(H,23,26)/t17-/m1/s1. The lowest BCUT2D eigenvalue weighted by molar-refractivity contribution is -0.118. The van der Waals surface area contributed by atoms with Gasteiger partial charge in [0.25, 0.3) is 0 Å². The Morgan fingerprint density at radius 3 is 2.90 bits per heavy atom. The highest BCUT2D eigenvalue weighted by atomic mass is 32.1. The molecule has 3 aromatic rings. The third kappa shape index (κ3) is 3.93. The number of nitrogens with one attached hydrogen (secondary N) is 1. The zero-order valence-electron chi connectivity index (χ0n) is 16.1. The lowest BCUT2D eigenvalue weighted by Crippen LogP contribution is -2.39. The minimum Gasteiger partial charge on any atom is -0.486 e. The highest BCUT2D eigenvalue weighted by Crippen LogP contribution is 2.36. The maximum absolute atomic E-state index is 12.8. The number of piperidine rings is 1. The van der Waals surface area contributed by atoms with Crippen LogP contribution in [0.15, 0.2) is 42.5 Å². The van der Waals surface area contributed by atoms with Gasteiger partial charge in [-0.3, -0.25) is 9.69 Å². The number of amides is 1. The second-order valence-electron chi connectivity index (χ2n) is 7.41. The van der Waals surface area contributed by atoms with Gasteiger partial charge in [-0.05, 0) is 43.7 Å². The predicted molar refractivity (Wildman–Crippen MR) is 114 cm³/mol. The number of para-hydroxylation sites is 1. The number of likely N-dealkylation sites (tertiary alicyclic amines) is 1. The van der Waals surface area contributed by atoms with E-state index in [9.17, 15) is 4.79 Å². The minimum atomic E-state index is -0.0188. The van der Waals surface area contributed by atoms with Crippen molar-refractivity contribution in [2.45, 2.75) is 25.3 Å². The summed E-state index contributed by atoms with van der Waals surface area (Å²) in [6.07, 6.45) is 3.32. The molecule has 1 saturated heterocycles. The molecule has 0 aliphatic carbocycles. The van der Waals surface area contributed by atoms with E-state index in [-0.39, 0.29) is 11.9 Å². The van der Waals surface area contributed by atoms with E-state index in [2.05, 4.69) is 22.3 Å². The lowest BCUT2D eigenvalue weighted by Gasteiger charge is -2.33. The number of fused-ring (bicyclic) bond motifs is 2. The normalized spacial score (nSPS) is 19.2. The van der Waals surface area contributed by atoms with Crippen molar-refractivity contribution in [3.05, 3.63) is 47.5 Å². The summed E-state index contributed by atoms with van der Waals surface area (Å²) >= 11 is 1.74. The molecular formula is C22H23N3O3S. The number of rotatable bonds is 4. The van der Waals surface area contributed by atoms with Crippen molar-refractivity contribution in [2.75, 3.05) is 31.6 Å². The van der Waals surface area contributed by atoms with Crippen molar-refractivity contribution >= 4 is 33.1 Å². The second-order valence-corrected chi connectivity index (χ2v) is 8.47. The summed E-state index contributed by atoms with van der Waals surface area (Å²) in [6, 6.07) is 14.0. The third-order valence-electron chi connectivity index (χ3n) is 5.38. The van der Waals surface area contributed by atoms with Crippen LogP contribution in [0.4, 0.5) is 5.69 Å². The van der Waals surface area contributed by atoms with E-state index >= 15 is 0 Å². The first-order chi connectivity index (χ1) is 14.3. The first-order valence-electron chi connectivity index (χ1n) is 10.1. The Morgan fingerprint density at radius 1 is 1.14 bits per heavy atom. The molecule has 7 heteroatoms. The van der Waals surface area contributed by atoms with Gasteiger partial charge in [-0.15, -0.1) is 11.3 Å². The maximum Gasteiger partial charge on any atom is 0.238 e. The van der Waals surface area contributed by atoms with E-state index < -0.39 is 0 Å². The van der Waals surface area contributed by atoms with Gasteiger partial charge in [0.2, 0.25) is 5.91 Å². The first-order valence-corrected chi connectivity index (χ1v) is 10.9. The van der Waals surface area contributed by atoms with Crippen molar-refractivity contribution in [1.29, 1.82) is 0 Å². The summed E-state index contributed by atoms with van der Waals surface area (Å²) in [7, 11) is 0. The van der Waals surface area contributed by atoms with Crippen molar-refractivity contribution < 1.29 is 14.3 Å². The van der Waals surface area contributed by atoms with Gasteiger partial charge < -0.3 is 14.8 Å². The van der Waals surface area contributed by atoms with E-state index in [1.54, 1.807) is 11.3 Å². The van der Waals surface area contributed by atoms with Gasteiger partial charge in [-0.2, -0.15) is 0 Å². The van der Waals surface area contributed by atoms with Crippen molar-refractivity contribution in [3.63, 3.8) is 0 Å². The molecule has 2 aromatic carbocycles. The van der Waals surface area contributed by atoms with Crippen molar-refractivity contribution in [2.24, 2.45) is 0 Å². The maximum atomic E-state index is 12.8. The number of nitrogens with zero attached hydrogens (tertiary/aromatic N) is 2. The van der Waals surface area contributed by atoms with Gasteiger partial charge in [0, 0.05) is 11.8 Å². The molecule has 1 atom stereocenters. The summed E-state index contributed by atoms with van der Waals surface area (Å²) in [5.74, 6) is 1.38. The fraction of sp³-hybridized carbons (Fsp3) is 0.364. The molecule has 0 bridgehead atoms. The second kappa shape index (κ2) is 8.00. The highest BCUT2D eigenvalue weighted by molar-refractivity contribution is 7.18. The van der Waals surface area contributed by atoms with Gasteiger partial charge >= 0.3 is 0 Å². The van der Waals surface area contributed by atoms with E-state index in [0.717, 1.165) is 41.3 Å². The molecule has 6 nitrogen and oxygen atoms in total. The SMILES string of the molecule is O=C(CN1CCCC[C@@H]1c1nc2ccccc2s1)Nc1ccc2c(c1)OCCO2. The molecule has 0 saturated carbocycles. The number of thiazole rings is 1. The summed E-state index contributed by atoms with van der Waals surface area (Å²) in [5.41, 5.74) is 1.77. The molecule has 0 radical (unpaired) electrons. The summed E-state index contributed by atoms with van der Waals surface area (Å²) in [4.78, 5) is 19.9. The minimum absolute atomic E-state index is 0.0188. The predicted octanol–water partition coefficient (Wildman–Crippen LogP) is 4.23. The van der Waals surface area contributed by atoms with E-state index in [0.29, 0.717) is 25.5 Å². The quantitative estimate of drug-likeness (QED) is 0.699. The topological polar surface area (TPSA) is 63.7 Å². The molecule has 1 amide bonds. The molecular weight excluding hydrogens is 386 g/mol. The van der Waals surface area contributed by atoms with Crippen LogP contribution in [0.25, 0.3) is 10.2 Å². The van der Waals surface area contributed by atoms with E-state index in [4.69, 9.17) is 14.5 Å². The van der Waals surface area contributed by atoms with Gasteiger partial charge in [0.15, 0.2) is 11.5 Å². The molecule has 1 N–H and O–H groups in total. The highest BCUT2D eigenvalue weighted by Gasteiger charge is 2.28. The zero-order valence-corrected chi connectivity index (χ0v) is 16.9. The Labute approximate surface area is 173 Å². The molecule has 1 aromatic heterocycles. The van der Waals surface area contributed by atoms with Crippen LogP contribution in [0.2, 0.25) is 0 Å². The number of carbonyl (C=O) groups is 1. The fourth-order valence-corrected chi connectivity index (χ4v) is 5.14. The van der Waals surface area contributed by atoms with Crippen LogP contribution in [0, 0.1) is 0 Å². The Kier molecular flexibility index (Phi) is 5.08. The molecule has 29 heavy (non-hydrogen) atoms. The van der Waals surface area contributed by atoms with Gasteiger partial charge in [-0.25, -0.2) is 4.98 Å². The Balaban J connectivity index is 1.29. The summed E-state index contributed by atoms with van der Waals surface area (Å²) < 4.78 is 12.3. The third-order valence-corrected chi connectivity index (χ3v) is 6.52. The van der Waals surface area contributed by atoms with Crippen molar-refractivity contribution in [3.8, 4) is 11.5 Å². The average Bonchev–Trinajstić information content (AvgIpc) is 3.18. The first kappa shape index (κ1) is 18.4. The average molecular weight is 410 g/mol. The zero-order chi connectivity index (χ0) is 19.6. The number of aromatic nitrogens is 1. The largest absolute Gasteiger partial charge is 0.486 e. The lowest BCUT2D eigenvalue weighted by atomic mass is 10.0. The van der Waals surface area contributed by atoms with Crippen LogP contribution in [0.1, 0.15) is 30.3 Å². The molecule has 1 fully saturated rings. The molecule has 150 valence electrons. The monoisotopic (exact) mass is 409 g/mol. The van der Waals surface area contributed by atoms with Crippen LogP contribution in [0.3, 0.4) is 0 Å². The Morgan fingerprint density at radius 2 is 2.00 bits per heavy atom. The number of hydrogen-bond donors (Lipinski definition) is 1. The smallest absolute Gasteiger partial charge is 0.238 e. The summed E-state index contributed by atoms with van der Waals surface area (Å²) in [6.45, 7) is 2.35. The Bertz CT molecular complexity index is 1000. The molecule has 0 unspecified atom stereocenters. The van der Waals surface area contributed by atoms with Gasteiger partial charge in [0.1, 0.15) is 18.2 Å². The number of anilines is 1. The Hall–Kier alpha value is -2.64. The molecule has 5 rings (SSSR count). The fourth-order valence-electron chi connectivity index (χ4n) is 4.00. The van der Waals surface area contributed by atoms with E-state index in [1.165, 1.54) is 11.1 Å². The van der Waals surface area contributed by atoms with Gasteiger partial charge in [-0.1, -0.05) is 18.6 Å². The number of benzene rings is 2. The molecule has 2 aliphatic rings. The van der Waals surface area contributed by atoms with Crippen LogP contribution in [-0.2, 0) is 4.79 Å². The van der Waals surface area contributed by atoms with Gasteiger partial charge in [0.05, 0.1) is 22.8 Å². The molecule has 3 heterocycles. The van der Waals surface area contributed by atoms with Crippen molar-refractivity contribution in [1.82, 2.24) is 9.88 Å². The summed E-state index contributed by atoms with van der Waals surface area (Å²) in [5, 5.41) is 4.11. The van der Waals surface area contributed by atoms with Crippen LogP contribution in [-0.4, -0.2) is 42.1 Å². The number of hydrogen-bond acceptors (Lipinski definition) is 6. The van der Waals surface area contributed by atoms with Crippen LogP contribution >= 0.6 is 11.3 Å². The number of carbonyl (C=O) groups excluding carboxylic acids is 1. The molecule has 2 aliphatic heterocycles. The molecule has 0 spiro atoms. The number of ether oxygens (including phenoxy) is 2.